The molecule has 4 rings (SSSR count). The summed E-state index contributed by atoms with van der Waals surface area (Å²) in [5.74, 6) is 1.22. The fourth-order valence-corrected chi connectivity index (χ4v) is 3.11. The van der Waals surface area contributed by atoms with Crippen LogP contribution in [0.3, 0.4) is 0 Å². The molecule has 0 fully saturated rings. The third-order valence-corrected chi connectivity index (χ3v) is 4.68. The Labute approximate surface area is 167 Å². The summed E-state index contributed by atoms with van der Waals surface area (Å²) in [6.45, 7) is 4.37. The molecule has 0 atom stereocenters. The van der Waals surface area contributed by atoms with Crippen molar-refractivity contribution in [2.45, 2.75) is 33.2 Å². The van der Waals surface area contributed by atoms with Gasteiger partial charge in [-0.25, -0.2) is 4.68 Å². The lowest BCUT2D eigenvalue weighted by Crippen LogP contribution is -2.23. The number of aryl methyl sites for hydroxylation is 2. The van der Waals surface area contributed by atoms with E-state index in [0.717, 1.165) is 22.6 Å². The van der Waals surface area contributed by atoms with E-state index in [1.54, 1.807) is 18.4 Å². The Hall–Kier alpha value is -3.68. The molecule has 1 aromatic carbocycles. The van der Waals surface area contributed by atoms with Crippen LogP contribution in [0.25, 0.3) is 17.3 Å². The van der Waals surface area contributed by atoms with Gasteiger partial charge in [-0.05, 0) is 38.1 Å². The second-order valence-electron chi connectivity index (χ2n) is 6.66. The van der Waals surface area contributed by atoms with Crippen LogP contribution in [0, 0.1) is 13.8 Å². The smallest absolute Gasteiger partial charge is 0.238 e. The van der Waals surface area contributed by atoms with E-state index in [-0.39, 0.29) is 12.3 Å². The molecule has 0 saturated heterocycles. The predicted molar refractivity (Wildman–Crippen MR) is 105 cm³/mol. The summed E-state index contributed by atoms with van der Waals surface area (Å²) in [5, 5.41) is 11.4. The fraction of sp³-hybridized carbons (Fsp3) is 0.238. The maximum Gasteiger partial charge on any atom is 0.238 e. The van der Waals surface area contributed by atoms with E-state index < -0.39 is 0 Å². The first kappa shape index (κ1) is 18.7. The molecule has 8 heteroatoms. The zero-order valence-electron chi connectivity index (χ0n) is 16.3. The van der Waals surface area contributed by atoms with Gasteiger partial charge in [-0.15, -0.1) is 0 Å². The summed E-state index contributed by atoms with van der Waals surface area (Å²) in [6, 6.07) is 13.4. The minimum atomic E-state index is -0.0889. The van der Waals surface area contributed by atoms with Gasteiger partial charge in [-0.1, -0.05) is 23.4 Å². The molecule has 0 saturated carbocycles. The highest BCUT2D eigenvalue weighted by Gasteiger charge is 2.15. The van der Waals surface area contributed by atoms with Crippen LogP contribution >= 0.6 is 0 Å². The molecule has 1 N–H and O–H groups in total. The highest BCUT2D eigenvalue weighted by atomic mass is 16.5. The first-order chi connectivity index (χ1) is 14.1. The van der Waals surface area contributed by atoms with Crippen LogP contribution in [0.15, 0.2) is 57.7 Å². The van der Waals surface area contributed by atoms with E-state index in [1.165, 1.54) is 0 Å². The van der Waals surface area contributed by atoms with Crippen molar-refractivity contribution in [1.82, 2.24) is 25.2 Å². The van der Waals surface area contributed by atoms with Gasteiger partial charge < -0.3 is 14.3 Å². The van der Waals surface area contributed by atoms with Crippen LogP contribution in [-0.2, 0) is 17.8 Å². The summed E-state index contributed by atoms with van der Waals surface area (Å²) in [5.41, 5.74) is 3.91. The second-order valence-corrected chi connectivity index (χ2v) is 6.66. The molecule has 0 bridgehead atoms. The van der Waals surface area contributed by atoms with Gasteiger partial charge in [0, 0.05) is 30.6 Å². The molecule has 4 aromatic rings. The number of benzene rings is 1. The minimum absolute atomic E-state index is 0.0889. The van der Waals surface area contributed by atoms with Gasteiger partial charge >= 0.3 is 0 Å². The largest absolute Gasteiger partial charge is 0.461 e. The molecule has 0 aliphatic heterocycles. The number of nitrogens with zero attached hydrogens (tertiary/aromatic N) is 4. The van der Waals surface area contributed by atoms with Crippen molar-refractivity contribution in [3.8, 4) is 17.3 Å². The Morgan fingerprint density at radius 3 is 2.72 bits per heavy atom. The Kier molecular flexibility index (Phi) is 5.24. The van der Waals surface area contributed by atoms with Crippen LogP contribution < -0.4 is 5.32 Å². The number of carbonyl (C=O) groups is 1. The van der Waals surface area contributed by atoms with Gasteiger partial charge in [-0.3, -0.25) is 4.79 Å². The first-order valence-corrected chi connectivity index (χ1v) is 9.35. The number of nitrogens with one attached hydrogen (secondary N) is 1. The summed E-state index contributed by atoms with van der Waals surface area (Å²) >= 11 is 0. The molecule has 3 heterocycles. The van der Waals surface area contributed by atoms with Crippen molar-refractivity contribution in [3.05, 3.63) is 71.6 Å². The molecule has 0 radical (unpaired) electrons. The number of para-hydroxylation sites is 1. The van der Waals surface area contributed by atoms with Crippen molar-refractivity contribution < 1.29 is 13.7 Å². The van der Waals surface area contributed by atoms with E-state index in [1.807, 2.05) is 48.9 Å². The Morgan fingerprint density at radius 2 is 1.97 bits per heavy atom. The molecule has 3 aromatic heterocycles. The number of hydrogen-bond donors (Lipinski definition) is 1. The van der Waals surface area contributed by atoms with Crippen molar-refractivity contribution in [2.24, 2.45) is 0 Å². The van der Waals surface area contributed by atoms with E-state index in [2.05, 4.69) is 20.6 Å². The minimum Gasteiger partial charge on any atom is -0.461 e. The molecule has 148 valence electrons. The highest BCUT2D eigenvalue weighted by molar-refractivity contribution is 5.76. The van der Waals surface area contributed by atoms with Crippen LogP contribution in [0.4, 0.5) is 0 Å². The number of carbonyl (C=O) groups excluding carboxylic acids is 1. The van der Waals surface area contributed by atoms with E-state index in [9.17, 15) is 4.79 Å². The number of aromatic nitrogens is 4. The number of rotatable bonds is 7. The molecule has 29 heavy (non-hydrogen) atoms. The highest BCUT2D eigenvalue weighted by Crippen LogP contribution is 2.18. The van der Waals surface area contributed by atoms with Gasteiger partial charge in [0.15, 0.2) is 5.76 Å². The third-order valence-electron chi connectivity index (χ3n) is 4.68. The lowest BCUT2D eigenvalue weighted by atomic mass is 10.2. The Morgan fingerprint density at radius 1 is 1.14 bits per heavy atom. The molecule has 8 nitrogen and oxygen atoms in total. The van der Waals surface area contributed by atoms with Crippen molar-refractivity contribution in [2.75, 3.05) is 0 Å². The molecule has 0 aliphatic rings. The van der Waals surface area contributed by atoms with Crippen LogP contribution in [0.1, 0.15) is 29.3 Å². The number of amides is 1. The summed E-state index contributed by atoms with van der Waals surface area (Å²) < 4.78 is 12.3. The summed E-state index contributed by atoms with van der Waals surface area (Å²) in [4.78, 5) is 16.5. The lowest BCUT2D eigenvalue weighted by Gasteiger charge is -2.07. The zero-order valence-corrected chi connectivity index (χ0v) is 16.3. The third kappa shape index (κ3) is 4.11. The van der Waals surface area contributed by atoms with Gasteiger partial charge in [0.25, 0.3) is 0 Å². The Bertz CT molecular complexity index is 1100. The average Bonchev–Trinajstić information content (AvgIpc) is 3.47. The number of furan rings is 1. The zero-order chi connectivity index (χ0) is 20.2. The van der Waals surface area contributed by atoms with Gasteiger partial charge in [0.05, 0.1) is 17.6 Å². The molecule has 0 spiro atoms. The van der Waals surface area contributed by atoms with Gasteiger partial charge in [0.2, 0.25) is 17.6 Å². The molecular weight excluding hydrogens is 370 g/mol. The van der Waals surface area contributed by atoms with Crippen LogP contribution in [0.2, 0.25) is 0 Å². The topological polar surface area (TPSA) is 99.0 Å². The SMILES string of the molecule is Cc1nn(-c2ccccc2)c(C)c1CNC(=O)CCc1nc(-c2ccco2)no1. The van der Waals surface area contributed by atoms with E-state index in [4.69, 9.17) is 8.94 Å². The second kappa shape index (κ2) is 8.14. The molecule has 0 unspecified atom stereocenters. The molecular formula is C21H21N5O3. The summed E-state index contributed by atoms with van der Waals surface area (Å²) in [6.07, 6.45) is 2.16. The monoisotopic (exact) mass is 391 g/mol. The lowest BCUT2D eigenvalue weighted by molar-refractivity contribution is -0.121. The molecule has 0 aliphatic carbocycles. The van der Waals surface area contributed by atoms with Crippen molar-refractivity contribution in [1.29, 1.82) is 0 Å². The Balaban J connectivity index is 1.34. The number of hydrogen-bond acceptors (Lipinski definition) is 6. The standard InChI is InChI=1S/C21H21N5O3/c1-14-17(15(2)26(24-14)16-7-4-3-5-8-16)13-22-19(27)10-11-20-23-21(25-29-20)18-9-6-12-28-18/h3-9,12H,10-11,13H2,1-2H3,(H,22,27). The maximum atomic E-state index is 12.3. The summed E-state index contributed by atoms with van der Waals surface area (Å²) in [7, 11) is 0. The van der Waals surface area contributed by atoms with E-state index >= 15 is 0 Å². The van der Waals surface area contributed by atoms with Crippen molar-refractivity contribution >= 4 is 5.91 Å². The average molecular weight is 391 g/mol. The maximum absolute atomic E-state index is 12.3. The quantitative estimate of drug-likeness (QED) is 0.518. The normalized spacial score (nSPS) is 11.0. The van der Waals surface area contributed by atoms with Gasteiger partial charge in [-0.2, -0.15) is 10.1 Å². The van der Waals surface area contributed by atoms with E-state index in [0.29, 0.717) is 30.4 Å². The molecule has 1 amide bonds. The van der Waals surface area contributed by atoms with Gasteiger partial charge in [0.1, 0.15) is 0 Å². The fourth-order valence-electron chi connectivity index (χ4n) is 3.11. The first-order valence-electron chi connectivity index (χ1n) is 9.35. The van der Waals surface area contributed by atoms with Crippen LogP contribution in [0.5, 0.6) is 0 Å². The predicted octanol–water partition coefficient (Wildman–Crippen LogP) is 3.38. The van der Waals surface area contributed by atoms with Crippen molar-refractivity contribution in [3.63, 3.8) is 0 Å². The van der Waals surface area contributed by atoms with Crippen LogP contribution in [-0.4, -0.2) is 25.8 Å².